The summed E-state index contributed by atoms with van der Waals surface area (Å²) in [6.45, 7) is 2.13. The average Bonchev–Trinajstić information content (AvgIpc) is 2.16. The van der Waals surface area contributed by atoms with E-state index in [9.17, 15) is 4.79 Å². The number of hydrogen-bond donors (Lipinski definition) is 1. The Balaban J connectivity index is 4.14. The van der Waals surface area contributed by atoms with E-state index in [-0.39, 0.29) is 18.2 Å². The molecule has 0 aromatic heterocycles. The van der Waals surface area contributed by atoms with E-state index >= 15 is 0 Å². The van der Waals surface area contributed by atoms with Crippen molar-refractivity contribution in [1.82, 2.24) is 4.90 Å². The monoisotopic (exact) mass is 193 g/mol. The molecule has 4 nitrogen and oxygen atoms in total. The molecule has 0 saturated heterocycles. The van der Waals surface area contributed by atoms with E-state index in [0.29, 0.717) is 6.54 Å². The first-order valence-corrected chi connectivity index (χ1v) is 4.36. The number of hydrogen-bond acceptors (Lipinski definition) is 3. The second kappa shape index (κ2) is 6.01. The lowest BCUT2D eigenvalue weighted by Crippen LogP contribution is -2.43. The molecule has 76 valence electrons. The van der Waals surface area contributed by atoms with Crippen molar-refractivity contribution in [3.63, 3.8) is 0 Å². The van der Waals surface area contributed by atoms with Crippen LogP contribution in [0, 0.1) is 29.6 Å². The van der Waals surface area contributed by atoms with Gasteiger partial charge in [-0.1, -0.05) is 0 Å². The van der Waals surface area contributed by atoms with E-state index < -0.39 is 6.04 Å². The Morgan fingerprint density at radius 1 is 1.71 bits per heavy atom. The number of carbonyl (C=O) groups excluding carboxylic acids is 1. The molecular formula is C10H15N3O. The predicted molar refractivity (Wildman–Crippen MR) is 53.8 cm³/mol. The fourth-order valence-corrected chi connectivity index (χ4v) is 1.04. The molecular weight excluding hydrogens is 178 g/mol. The van der Waals surface area contributed by atoms with E-state index in [2.05, 4.69) is 5.92 Å². The summed E-state index contributed by atoms with van der Waals surface area (Å²) in [7, 11) is 1.62. The van der Waals surface area contributed by atoms with Gasteiger partial charge in [-0.05, 0) is 6.92 Å². The van der Waals surface area contributed by atoms with Crippen LogP contribution >= 0.6 is 0 Å². The summed E-state index contributed by atoms with van der Waals surface area (Å²) in [5.74, 6) is 1.92. The smallest absolute Gasteiger partial charge is 0.240 e. The highest BCUT2D eigenvalue weighted by Gasteiger charge is 2.18. The molecule has 0 fully saturated rings. The van der Waals surface area contributed by atoms with Crippen LogP contribution in [0.2, 0.25) is 0 Å². The zero-order valence-electron chi connectivity index (χ0n) is 8.53. The number of nitriles is 1. The predicted octanol–water partition coefficient (Wildman–Crippen LogP) is -0.0449. The quantitative estimate of drug-likeness (QED) is 0.637. The van der Waals surface area contributed by atoms with Crippen LogP contribution in [0.25, 0.3) is 0 Å². The number of nitrogens with two attached hydrogens (primary N) is 1. The van der Waals surface area contributed by atoms with Crippen LogP contribution in [-0.4, -0.2) is 30.4 Å². The molecule has 0 heterocycles. The first kappa shape index (κ1) is 12.5. The summed E-state index contributed by atoms with van der Waals surface area (Å²) >= 11 is 0. The van der Waals surface area contributed by atoms with Gasteiger partial charge in [0, 0.05) is 20.0 Å². The van der Waals surface area contributed by atoms with Crippen LogP contribution in [-0.2, 0) is 4.79 Å². The summed E-state index contributed by atoms with van der Waals surface area (Å²) in [5.41, 5.74) is 5.53. The molecule has 2 unspecified atom stereocenters. The van der Waals surface area contributed by atoms with Gasteiger partial charge in [0.25, 0.3) is 0 Å². The van der Waals surface area contributed by atoms with Gasteiger partial charge in [0.15, 0.2) is 0 Å². The molecule has 1 amide bonds. The number of likely N-dealkylation sites (N-methyl/N-ethyl adjacent to an activating group) is 1. The summed E-state index contributed by atoms with van der Waals surface area (Å²) in [4.78, 5) is 12.9. The van der Waals surface area contributed by atoms with Gasteiger partial charge in [0.1, 0.15) is 0 Å². The van der Waals surface area contributed by atoms with Gasteiger partial charge in [0.05, 0.1) is 18.0 Å². The van der Waals surface area contributed by atoms with Crippen molar-refractivity contribution in [3.05, 3.63) is 0 Å². The lowest BCUT2D eigenvalue weighted by molar-refractivity contribution is -0.131. The Morgan fingerprint density at radius 2 is 2.29 bits per heavy atom. The second-order valence-corrected chi connectivity index (χ2v) is 3.26. The minimum atomic E-state index is -0.657. The van der Waals surface area contributed by atoms with Crippen LogP contribution in [0.15, 0.2) is 0 Å². The van der Waals surface area contributed by atoms with Gasteiger partial charge in [-0.3, -0.25) is 4.79 Å². The Labute approximate surface area is 84.7 Å². The Kier molecular flexibility index (Phi) is 5.36. The van der Waals surface area contributed by atoms with Gasteiger partial charge in [-0.15, -0.1) is 12.3 Å². The average molecular weight is 193 g/mol. The number of amides is 1. The molecule has 0 aromatic carbocycles. The van der Waals surface area contributed by atoms with Crippen molar-refractivity contribution in [1.29, 1.82) is 5.26 Å². The molecule has 0 aromatic rings. The molecule has 0 aliphatic heterocycles. The third-order valence-electron chi connectivity index (χ3n) is 1.80. The number of nitrogens with zero attached hydrogens (tertiary/aromatic N) is 2. The summed E-state index contributed by atoms with van der Waals surface area (Å²) in [6, 6.07) is 1.39. The lowest BCUT2D eigenvalue weighted by Gasteiger charge is -2.21. The van der Waals surface area contributed by atoms with Gasteiger partial charge >= 0.3 is 0 Å². The van der Waals surface area contributed by atoms with Crippen molar-refractivity contribution < 1.29 is 4.79 Å². The van der Waals surface area contributed by atoms with E-state index in [1.54, 1.807) is 14.0 Å². The van der Waals surface area contributed by atoms with Gasteiger partial charge < -0.3 is 10.6 Å². The van der Waals surface area contributed by atoms with Crippen molar-refractivity contribution in [2.24, 2.45) is 11.7 Å². The molecule has 2 N–H and O–H groups in total. The summed E-state index contributed by atoms with van der Waals surface area (Å²) in [6.07, 6.45) is 5.27. The molecule has 0 aliphatic rings. The van der Waals surface area contributed by atoms with Gasteiger partial charge in [0.2, 0.25) is 5.91 Å². The third-order valence-corrected chi connectivity index (χ3v) is 1.80. The van der Waals surface area contributed by atoms with Crippen molar-refractivity contribution >= 4 is 5.91 Å². The molecule has 0 saturated carbocycles. The molecule has 0 spiro atoms. The first-order chi connectivity index (χ1) is 6.52. The topological polar surface area (TPSA) is 70.1 Å². The maximum Gasteiger partial charge on any atom is 0.240 e. The number of rotatable bonds is 4. The Hall–Kier alpha value is -1.52. The van der Waals surface area contributed by atoms with E-state index in [1.807, 2.05) is 6.07 Å². The summed E-state index contributed by atoms with van der Waals surface area (Å²) < 4.78 is 0. The molecule has 0 aliphatic carbocycles. The van der Waals surface area contributed by atoms with Crippen LogP contribution < -0.4 is 5.73 Å². The molecule has 4 heteroatoms. The van der Waals surface area contributed by atoms with Gasteiger partial charge in [-0.25, -0.2) is 0 Å². The molecule has 0 bridgehead atoms. The van der Waals surface area contributed by atoms with Gasteiger partial charge in [-0.2, -0.15) is 5.26 Å². The van der Waals surface area contributed by atoms with E-state index in [1.165, 1.54) is 4.90 Å². The minimum absolute atomic E-state index is 0.193. The van der Waals surface area contributed by atoms with Crippen LogP contribution in [0.3, 0.4) is 0 Å². The largest absolute Gasteiger partial charge is 0.343 e. The zero-order chi connectivity index (χ0) is 11.1. The fraction of sp³-hybridized carbons (Fsp3) is 0.600. The minimum Gasteiger partial charge on any atom is -0.343 e. The van der Waals surface area contributed by atoms with Crippen LogP contribution in [0.5, 0.6) is 0 Å². The maximum absolute atomic E-state index is 11.5. The van der Waals surface area contributed by atoms with Crippen molar-refractivity contribution in [3.8, 4) is 18.4 Å². The maximum atomic E-state index is 11.5. The van der Waals surface area contributed by atoms with E-state index in [4.69, 9.17) is 17.4 Å². The highest BCUT2D eigenvalue weighted by Crippen LogP contribution is 1.99. The highest BCUT2D eigenvalue weighted by molar-refractivity contribution is 5.81. The van der Waals surface area contributed by atoms with E-state index in [0.717, 1.165) is 0 Å². The summed E-state index contributed by atoms with van der Waals surface area (Å²) in [5, 5.41) is 8.56. The number of terminal acetylenes is 1. The van der Waals surface area contributed by atoms with Crippen molar-refractivity contribution in [2.75, 3.05) is 13.6 Å². The Morgan fingerprint density at radius 3 is 2.71 bits per heavy atom. The first-order valence-electron chi connectivity index (χ1n) is 4.36. The molecule has 14 heavy (non-hydrogen) atoms. The standard InChI is InChI=1S/C10H15N3O/c1-4-5-9(12)10(14)13(3)7-8(2)6-11/h1,8-9H,5,7,12H2,2-3H3. The third kappa shape index (κ3) is 3.93. The fourth-order valence-electron chi connectivity index (χ4n) is 1.04. The van der Waals surface area contributed by atoms with Crippen LogP contribution in [0.4, 0.5) is 0 Å². The molecule has 0 rings (SSSR count). The molecule has 2 atom stereocenters. The van der Waals surface area contributed by atoms with Crippen molar-refractivity contribution in [2.45, 2.75) is 19.4 Å². The highest BCUT2D eigenvalue weighted by atomic mass is 16.2. The lowest BCUT2D eigenvalue weighted by atomic mass is 10.1. The zero-order valence-corrected chi connectivity index (χ0v) is 8.53. The second-order valence-electron chi connectivity index (χ2n) is 3.26. The number of carbonyl (C=O) groups is 1. The van der Waals surface area contributed by atoms with Crippen LogP contribution in [0.1, 0.15) is 13.3 Å². The normalized spacial score (nSPS) is 13.5. The Bertz CT molecular complexity index is 274. The SMILES string of the molecule is C#CCC(N)C(=O)N(C)CC(C)C#N. The molecule has 0 radical (unpaired) electrons.